The van der Waals surface area contributed by atoms with Crippen LogP contribution < -0.4 is 4.90 Å². The molecule has 0 unspecified atom stereocenters. The van der Waals surface area contributed by atoms with E-state index < -0.39 is 4.92 Å². The molecule has 0 saturated heterocycles. The van der Waals surface area contributed by atoms with Crippen LogP contribution in [0.15, 0.2) is 22.7 Å². The van der Waals surface area contributed by atoms with Crippen molar-refractivity contribution in [3.8, 4) is 0 Å². The first kappa shape index (κ1) is 15.4. The highest BCUT2D eigenvalue weighted by Gasteiger charge is 2.14. The second kappa shape index (κ2) is 7.08. The summed E-state index contributed by atoms with van der Waals surface area (Å²) >= 11 is 3.32. The SMILES string of the molecule is CCN(CCC(=O)OC)c1ccc([N+](=O)[O-])cc1Br. The number of carbonyl (C=O) groups excluding carboxylic acids is 1. The Hall–Kier alpha value is -1.63. The number of rotatable bonds is 6. The van der Waals surface area contributed by atoms with Crippen LogP contribution >= 0.6 is 15.9 Å². The van der Waals surface area contributed by atoms with Gasteiger partial charge in [0, 0.05) is 29.7 Å². The summed E-state index contributed by atoms with van der Waals surface area (Å²) in [4.78, 5) is 23.3. The minimum absolute atomic E-state index is 0.0274. The van der Waals surface area contributed by atoms with Gasteiger partial charge in [-0.15, -0.1) is 0 Å². The fourth-order valence-corrected chi connectivity index (χ4v) is 2.26. The van der Waals surface area contributed by atoms with E-state index >= 15 is 0 Å². The van der Waals surface area contributed by atoms with Crippen molar-refractivity contribution in [1.82, 2.24) is 0 Å². The third-order valence-corrected chi connectivity index (χ3v) is 3.31. The third-order valence-electron chi connectivity index (χ3n) is 2.68. The van der Waals surface area contributed by atoms with Gasteiger partial charge in [0.25, 0.3) is 5.69 Å². The molecule has 0 heterocycles. The van der Waals surface area contributed by atoms with Gasteiger partial charge in [-0.3, -0.25) is 14.9 Å². The van der Waals surface area contributed by atoms with Crippen molar-refractivity contribution in [3.63, 3.8) is 0 Å². The molecule has 0 aliphatic carbocycles. The van der Waals surface area contributed by atoms with Crippen LogP contribution in [0, 0.1) is 10.1 Å². The second-order valence-electron chi connectivity index (χ2n) is 3.80. The highest BCUT2D eigenvalue weighted by atomic mass is 79.9. The van der Waals surface area contributed by atoms with Crippen molar-refractivity contribution in [2.24, 2.45) is 0 Å². The molecule has 0 aromatic heterocycles. The largest absolute Gasteiger partial charge is 0.469 e. The number of benzene rings is 1. The van der Waals surface area contributed by atoms with Crippen molar-refractivity contribution in [3.05, 3.63) is 32.8 Å². The highest BCUT2D eigenvalue weighted by molar-refractivity contribution is 9.10. The van der Waals surface area contributed by atoms with Crippen LogP contribution in [0.5, 0.6) is 0 Å². The van der Waals surface area contributed by atoms with Gasteiger partial charge in [-0.05, 0) is 28.9 Å². The summed E-state index contributed by atoms with van der Waals surface area (Å²) in [6.07, 6.45) is 0.272. The molecule has 0 fully saturated rings. The highest BCUT2D eigenvalue weighted by Crippen LogP contribution is 2.30. The maximum Gasteiger partial charge on any atom is 0.307 e. The van der Waals surface area contributed by atoms with Crippen LogP contribution in [0.4, 0.5) is 11.4 Å². The van der Waals surface area contributed by atoms with Gasteiger partial charge in [-0.1, -0.05) is 0 Å². The van der Waals surface area contributed by atoms with E-state index in [0.29, 0.717) is 17.6 Å². The van der Waals surface area contributed by atoms with Gasteiger partial charge in [0.2, 0.25) is 0 Å². The summed E-state index contributed by atoms with van der Waals surface area (Å²) in [7, 11) is 1.35. The van der Waals surface area contributed by atoms with E-state index in [1.54, 1.807) is 6.07 Å². The lowest BCUT2D eigenvalue weighted by Crippen LogP contribution is -2.26. The first-order valence-electron chi connectivity index (χ1n) is 5.75. The Kier molecular flexibility index (Phi) is 5.75. The molecule has 19 heavy (non-hydrogen) atoms. The van der Waals surface area contributed by atoms with Crippen LogP contribution in [-0.4, -0.2) is 31.1 Å². The molecule has 1 aromatic carbocycles. The zero-order valence-electron chi connectivity index (χ0n) is 10.8. The summed E-state index contributed by atoms with van der Waals surface area (Å²) in [6.45, 7) is 3.14. The van der Waals surface area contributed by atoms with E-state index in [2.05, 4.69) is 20.7 Å². The van der Waals surface area contributed by atoms with E-state index in [-0.39, 0.29) is 18.1 Å². The van der Waals surface area contributed by atoms with Crippen LogP contribution in [-0.2, 0) is 9.53 Å². The zero-order valence-corrected chi connectivity index (χ0v) is 12.3. The van der Waals surface area contributed by atoms with Gasteiger partial charge >= 0.3 is 5.97 Å². The monoisotopic (exact) mass is 330 g/mol. The van der Waals surface area contributed by atoms with E-state index in [9.17, 15) is 14.9 Å². The summed E-state index contributed by atoms with van der Waals surface area (Å²) in [6, 6.07) is 4.57. The van der Waals surface area contributed by atoms with Crippen molar-refractivity contribution < 1.29 is 14.5 Å². The Labute approximate surface area is 119 Å². The molecule has 1 rings (SSSR count). The first-order valence-corrected chi connectivity index (χ1v) is 6.54. The van der Waals surface area contributed by atoms with Crippen LogP contribution in [0.1, 0.15) is 13.3 Å². The molecule has 0 radical (unpaired) electrons. The molecule has 0 N–H and O–H groups in total. The molecule has 0 aliphatic heterocycles. The molecular formula is C12H15BrN2O4. The van der Waals surface area contributed by atoms with Crippen molar-refractivity contribution in [2.75, 3.05) is 25.1 Å². The van der Waals surface area contributed by atoms with Gasteiger partial charge in [0.05, 0.1) is 24.1 Å². The lowest BCUT2D eigenvalue weighted by molar-refractivity contribution is -0.384. The van der Waals surface area contributed by atoms with Crippen molar-refractivity contribution >= 4 is 33.3 Å². The lowest BCUT2D eigenvalue weighted by Gasteiger charge is -2.23. The molecule has 0 spiro atoms. The van der Waals surface area contributed by atoms with E-state index in [1.165, 1.54) is 19.2 Å². The molecule has 7 heteroatoms. The molecular weight excluding hydrogens is 316 g/mol. The lowest BCUT2D eigenvalue weighted by atomic mass is 10.2. The number of methoxy groups -OCH3 is 1. The van der Waals surface area contributed by atoms with Gasteiger partial charge < -0.3 is 9.64 Å². The van der Waals surface area contributed by atoms with Crippen molar-refractivity contribution in [2.45, 2.75) is 13.3 Å². The third kappa shape index (κ3) is 4.20. The average molecular weight is 331 g/mol. The number of hydrogen-bond donors (Lipinski definition) is 0. The number of halogens is 1. The normalized spacial score (nSPS) is 10.1. The van der Waals surface area contributed by atoms with Crippen molar-refractivity contribution in [1.29, 1.82) is 0 Å². The summed E-state index contributed by atoms with van der Waals surface area (Å²) in [5.41, 5.74) is 0.844. The first-order chi connectivity index (χ1) is 8.99. The standard InChI is InChI=1S/C12H15BrN2O4/c1-3-14(7-6-12(16)19-2)11-5-4-9(15(17)18)8-10(11)13/h4-5,8H,3,6-7H2,1-2H3. The van der Waals surface area contributed by atoms with E-state index in [4.69, 9.17) is 0 Å². The fraction of sp³-hybridized carbons (Fsp3) is 0.417. The topological polar surface area (TPSA) is 72.7 Å². The molecule has 0 atom stereocenters. The van der Waals surface area contributed by atoms with Gasteiger partial charge in [0.1, 0.15) is 0 Å². The Morgan fingerprint density at radius 1 is 1.53 bits per heavy atom. The Bertz CT molecular complexity index is 479. The zero-order chi connectivity index (χ0) is 14.4. The summed E-state index contributed by atoms with van der Waals surface area (Å²) in [5.74, 6) is -0.281. The number of carbonyl (C=O) groups is 1. The number of hydrogen-bond acceptors (Lipinski definition) is 5. The Morgan fingerprint density at radius 2 is 2.21 bits per heavy atom. The molecule has 6 nitrogen and oxygen atoms in total. The molecule has 0 bridgehead atoms. The predicted octanol–water partition coefficient (Wildman–Crippen LogP) is 2.75. The summed E-state index contributed by atoms with van der Waals surface area (Å²) in [5, 5.41) is 10.7. The number of non-ortho nitro benzene ring substituents is 1. The molecule has 0 amide bonds. The van der Waals surface area contributed by atoms with Crippen LogP contribution in [0.3, 0.4) is 0 Å². The molecule has 1 aromatic rings. The number of nitrogens with zero attached hydrogens (tertiary/aromatic N) is 2. The number of esters is 1. The van der Waals surface area contributed by atoms with Gasteiger partial charge in [0.15, 0.2) is 0 Å². The quantitative estimate of drug-likeness (QED) is 0.455. The Balaban J connectivity index is 2.86. The van der Waals surface area contributed by atoms with E-state index in [1.807, 2.05) is 11.8 Å². The van der Waals surface area contributed by atoms with E-state index in [0.717, 1.165) is 5.69 Å². The van der Waals surface area contributed by atoms with Gasteiger partial charge in [-0.2, -0.15) is 0 Å². The predicted molar refractivity (Wildman–Crippen MR) is 75.3 cm³/mol. The number of nitro groups is 1. The van der Waals surface area contributed by atoms with Crippen LogP contribution in [0.2, 0.25) is 0 Å². The maximum atomic E-state index is 11.1. The maximum absolute atomic E-state index is 11.1. The summed E-state index contributed by atoms with van der Waals surface area (Å²) < 4.78 is 5.23. The minimum Gasteiger partial charge on any atom is -0.469 e. The second-order valence-corrected chi connectivity index (χ2v) is 4.65. The smallest absolute Gasteiger partial charge is 0.307 e. The number of anilines is 1. The number of ether oxygens (including phenoxy) is 1. The van der Waals surface area contributed by atoms with Gasteiger partial charge in [-0.25, -0.2) is 0 Å². The minimum atomic E-state index is -0.445. The molecule has 104 valence electrons. The Morgan fingerprint density at radius 3 is 2.68 bits per heavy atom. The average Bonchev–Trinajstić information content (AvgIpc) is 2.40. The molecule has 0 aliphatic rings. The number of nitro benzene ring substituents is 1. The molecule has 0 saturated carbocycles. The fourth-order valence-electron chi connectivity index (χ4n) is 1.64. The van der Waals surface area contributed by atoms with Crippen LogP contribution in [0.25, 0.3) is 0 Å².